The van der Waals surface area contributed by atoms with E-state index >= 15 is 0 Å². The average molecular weight is 200 g/mol. The number of rotatable bonds is 2. The maximum atomic E-state index is 12.1. The van der Waals surface area contributed by atoms with Gasteiger partial charge in [0.25, 0.3) is 0 Å². The second kappa shape index (κ2) is 3.73. The van der Waals surface area contributed by atoms with Crippen LogP contribution in [-0.2, 0) is 0 Å². The average Bonchev–Trinajstić information content (AvgIpc) is 2.69. The highest BCUT2D eigenvalue weighted by Gasteiger charge is 2.15. The molecule has 2 heteroatoms. The van der Waals surface area contributed by atoms with Crippen molar-refractivity contribution in [3.05, 3.63) is 59.0 Å². The number of carbonyl (C=O) groups excluding carboxylic acids is 1. The van der Waals surface area contributed by atoms with Crippen LogP contribution in [0, 0.1) is 13.8 Å². The molecule has 1 aromatic heterocycles. The zero-order chi connectivity index (χ0) is 10.8. The third-order valence-electron chi connectivity index (χ3n) is 2.45. The maximum absolute atomic E-state index is 12.1. The van der Waals surface area contributed by atoms with Crippen LogP contribution in [-0.4, -0.2) is 5.78 Å². The lowest BCUT2D eigenvalue weighted by atomic mass is 9.98. The van der Waals surface area contributed by atoms with Gasteiger partial charge in [0, 0.05) is 5.56 Å². The summed E-state index contributed by atoms with van der Waals surface area (Å²) in [5.41, 5.74) is 2.71. The van der Waals surface area contributed by atoms with Crippen molar-refractivity contribution in [3.63, 3.8) is 0 Å². The minimum atomic E-state index is -0.0457. The van der Waals surface area contributed by atoms with Crippen LogP contribution >= 0.6 is 0 Å². The Bertz CT molecular complexity index is 461. The van der Waals surface area contributed by atoms with Gasteiger partial charge in [-0.2, -0.15) is 0 Å². The predicted octanol–water partition coefficient (Wildman–Crippen LogP) is 3.13. The summed E-state index contributed by atoms with van der Waals surface area (Å²) in [6.07, 6.45) is 1.51. The highest BCUT2D eigenvalue weighted by atomic mass is 16.3. The monoisotopic (exact) mass is 200 g/mol. The molecular weight excluding hydrogens is 188 g/mol. The number of hydrogen-bond donors (Lipinski definition) is 0. The van der Waals surface area contributed by atoms with Crippen LogP contribution in [0.4, 0.5) is 0 Å². The molecule has 1 aromatic carbocycles. The maximum Gasteiger partial charge on any atom is 0.228 e. The van der Waals surface area contributed by atoms with Crippen molar-refractivity contribution in [2.45, 2.75) is 13.8 Å². The molecule has 0 saturated heterocycles. The number of ketones is 1. The van der Waals surface area contributed by atoms with Crippen molar-refractivity contribution in [2.24, 2.45) is 0 Å². The molecule has 0 unspecified atom stereocenters. The Morgan fingerprint density at radius 2 is 1.73 bits per heavy atom. The van der Waals surface area contributed by atoms with E-state index in [1.165, 1.54) is 6.26 Å². The van der Waals surface area contributed by atoms with Gasteiger partial charge in [-0.05, 0) is 37.1 Å². The lowest BCUT2D eigenvalue weighted by Crippen LogP contribution is -2.04. The van der Waals surface area contributed by atoms with Crippen LogP contribution in [0.5, 0.6) is 0 Å². The fraction of sp³-hybridized carbons (Fsp3) is 0.154. The van der Waals surface area contributed by atoms with Crippen molar-refractivity contribution in [3.8, 4) is 0 Å². The van der Waals surface area contributed by atoms with Gasteiger partial charge in [0.05, 0.1) is 6.26 Å². The zero-order valence-electron chi connectivity index (χ0n) is 8.78. The van der Waals surface area contributed by atoms with Crippen LogP contribution in [0.15, 0.2) is 41.0 Å². The summed E-state index contributed by atoms with van der Waals surface area (Å²) in [5.74, 6) is 0.350. The molecule has 2 nitrogen and oxygen atoms in total. The topological polar surface area (TPSA) is 30.2 Å². The van der Waals surface area contributed by atoms with E-state index in [1.807, 2.05) is 32.0 Å². The van der Waals surface area contributed by atoms with Gasteiger partial charge in [0.15, 0.2) is 5.76 Å². The molecule has 0 fully saturated rings. The molecule has 2 aromatic rings. The quantitative estimate of drug-likeness (QED) is 0.697. The van der Waals surface area contributed by atoms with Gasteiger partial charge < -0.3 is 4.42 Å². The number of aryl methyl sites for hydroxylation is 2. The first-order valence-electron chi connectivity index (χ1n) is 4.84. The first-order chi connectivity index (χ1) is 7.20. The zero-order valence-corrected chi connectivity index (χ0v) is 8.78. The highest BCUT2D eigenvalue weighted by Crippen LogP contribution is 2.18. The summed E-state index contributed by atoms with van der Waals surface area (Å²) in [5, 5.41) is 0. The summed E-state index contributed by atoms with van der Waals surface area (Å²) >= 11 is 0. The number of hydrogen-bond acceptors (Lipinski definition) is 2. The smallest absolute Gasteiger partial charge is 0.228 e. The Labute approximate surface area is 88.5 Å². The Morgan fingerprint density at radius 1 is 1.07 bits per heavy atom. The molecule has 2 rings (SSSR count). The van der Waals surface area contributed by atoms with Crippen LogP contribution in [0.1, 0.15) is 27.2 Å². The SMILES string of the molecule is Cc1cccc(C)c1C(=O)c1ccco1. The molecule has 76 valence electrons. The summed E-state index contributed by atoms with van der Waals surface area (Å²) in [7, 11) is 0. The Morgan fingerprint density at radius 3 is 2.27 bits per heavy atom. The van der Waals surface area contributed by atoms with Crippen molar-refractivity contribution in [1.29, 1.82) is 0 Å². The molecular formula is C13H12O2. The van der Waals surface area contributed by atoms with Gasteiger partial charge in [0.2, 0.25) is 5.78 Å². The van der Waals surface area contributed by atoms with Crippen molar-refractivity contribution < 1.29 is 9.21 Å². The van der Waals surface area contributed by atoms with Gasteiger partial charge in [-0.15, -0.1) is 0 Å². The molecule has 0 bridgehead atoms. The fourth-order valence-electron chi connectivity index (χ4n) is 1.70. The van der Waals surface area contributed by atoms with E-state index in [0.29, 0.717) is 5.76 Å². The fourth-order valence-corrected chi connectivity index (χ4v) is 1.70. The van der Waals surface area contributed by atoms with E-state index in [4.69, 9.17) is 4.42 Å². The molecule has 0 atom stereocenters. The lowest BCUT2D eigenvalue weighted by Gasteiger charge is -2.06. The van der Waals surface area contributed by atoms with Crippen LogP contribution in [0.3, 0.4) is 0 Å². The summed E-state index contributed by atoms with van der Waals surface area (Å²) in [6.45, 7) is 3.87. The molecule has 0 aliphatic carbocycles. The molecule has 0 saturated carbocycles. The summed E-state index contributed by atoms with van der Waals surface area (Å²) in [6, 6.07) is 9.23. The van der Waals surface area contributed by atoms with Gasteiger partial charge in [-0.3, -0.25) is 4.79 Å². The first kappa shape index (κ1) is 9.71. The predicted molar refractivity (Wildman–Crippen MR) is 58.1 cm³/mol. The second-order valence-corrected chi connectivity index (χ2v) is 3.57. The Hall–Kier alpha value is -1.83. The first-order valence-corrected chi connectivity index (χ1v) is 4.84. The van der Waals surface area contributed by atoms with E-state index in [1.54, 1.807) is 12.1 Å². The van der Waals surface area contributed by atoms with Gasteiger partial charge in [-0.25, -0.2) is 0 Å². The second-order valence-electron chi connectivity index (χ2n) is 3.57. The number of benzene rings is 1. The molecule has 0 aliphatic rings. The molecule has 0 aliphatic heterocycles. The van der Waals surface area contributed by atoms with Crippen molar-refractivity contribution in [1.82, 2.24) is 0 Å². The largest absolute Gasteiger partial charge is 0.461 e. The Kier molecular flexibility index (Phi) is 2.42. The summed E-state index contributed by atoms with van der Waals surface area (Å²) < 4.78 is 5.11. The highest BCUT2D eigenvalue weighted by molar-refractivity contribution is 6.09. The third-order valence-corrected chi connectivity index (χ3v) is 2.45. The van der Waals surface area contributed by atoms with E-state index in [9.17, 15) is 4.79 Å². The molecule has 0 radical (unpaired) electrons. The lowest BCUT2D eigenvalue weighted by molar-refractivity contribution is 0.101. The minimum Gasteiger partial charge on any atom is -0.461 e. The minimum absolute atomic E-state index is 0.0457. The van der Waals surface area contributed by atoms with Gasteiger partial charge in [-0.1, -0.05) is 18.2 Å². The number of carbonyl (C=O) groups is 1. The molecule has 1 heterocycles. The van der Waals surface area contributed by atoms with Crippen LogP contribution in [0.2, 0.25) is 0 Å². The Balaban J connectivity index is 2.51. The third kappa shape index (κ3) is 1.71. The van der Waals surface area contributed by atoms with Crippen molar-refractivity contribution >= 4 is 5.78 Å². The van der Waals surface area contributed by atoms with Gasteiger partial charge >= 0.3 is 0 Å². The van der Waals surface area contributed by atoms with Crippen molar-refractivity contribution in [2.75, 3.05) is 0 Å². The molecule has 0 spiro atoms. The van der Waals surface area contributed by atoms with Crippen LogP contribution in [0.25, 0.3) is 0 Å². The normalized spacial score (nSPS) is 10.3. The van der Waals surface area contributed by atoms with E-state index in [-0.39, 0.29) is 5.78 Å². The van der Waals surface area contributed by atoms with Gasteiger partial charge in [0.1, 0.15) is 0 Å². The molecule has 0 N–H and O–H groups in total. The number of furan rings is 1. The van der Waals surface area contributed by atoms with E-state index < -0.39 is 0 Å². The summed E-state index contributed by atoms with van der Waals surface area (Å²) in [4.78, 5) is 12.1. The van der Waals surface area contributed by atoms with E-state index in [2.05, 4.69) is 0 Å². The molecule has 0 amide bonds. The van der Waals surface area contributed by atoms with E-state index in [0.717, 1.165) is 16.7 Å². The molecule has 15 heavy (non-hydrogen) atoms. The standard InChI is InChI=1S/C13H12O2/c1-9-5-3-6-10(2)12(9)13(14)11-7-4-8-15-11/h3-8H,1-2H3. The van der Waals surface area contributed by atoms with Crippen LogP contribution < -0.4 is 0 Å².